The van der Waals surface area contributed by atoms with Crippen molar-refractivity contribution in [2.45, 2.75) is 50.6 Å². The summed E-state index contributed by atoms with van der Waals surface area (Å²) in [6.07, 6.45) is -0.849. The predicted molar refractivity (Wildman–Crippen MR) is 159 cm³/mol. The second-order valence-electron chi connectivity index (χ2n) is 11.2. The standard InChI is InChI=1S/C34H37BO5/c1-32(2)33(3,4)40-35(39-32)29-20-22-31(23-21-29)37-24-30(36)25-38-34(26-14-8-5-9-15-26,27-16-10-6-11-17-27)28-18-12-7-13-19-28/h5-23,30,36H,24-25H2,1-4H3. The fourth-order valence-corrected chi connectivity index (χ4v) is 4.93. The molecule has 40 heavy (non-hydrogen) atoms. The zero-order chi connectivity index (χ0) is 28.2. The third-order valence-corrected chi connectivity index (χ3v) is 7.88. The molecule has 1 heterocycles. The first-order valence-corrected chi connectivity index (χ1v) is 13.8. The van der Waals surface area contributed by atoms with Crippen molar-refractivity contribution in [1.82, 2.24) is 0 Å². The van der Waals surface area contributed by atoms with E-state index < -0.39 is 30.0 Å². The molecule has 6 heteroatoms. The summed E-state index contributed by atoms with van der Waals surface area (Å²) in [4.78, 5) is 0. The van der Waals surface area contributed by atoms with Gasteiger partial charge in [0.15, 0.2) is 0 Å². The Kier molecular flexibility index (Phi) is 8.15. The first kappa shape index (κ1) is 28.1. The van der Waals surface area contributed by atoms with Gasteiger partial charge in [-0.2, -0.15) is 0 Å². The molecule has 5 nitrogen and oxygen atoms in total. The lowest BCUT2D eigenvalue weighted by molar-refractivity contribution is -0.0493. The van der Waals surface area contributed by atoms with Gasteiger partial charge in [0.25, 0.3) is 0 Å². The molecular formula is C34H37BO5. The second kappa shape index (κ2) is 11.6. The van der Waals surface area contributed by atoms with E-state index in [1.54, 1.807) is 0 Å². The Balaban J connectivity index is 1.29. The molecule has 0 radical (unpaired) electrons. The summed E-state index contributed by atoms with van der Waals surface area (Å²) in [5.41, 5.74) is 2.19. The van der Waals surface area contributed by atoms with Crippen molar-refractivity contribution in [3.63, 3.8) is 0 Å². The van der Waals surface area contributed by atoms with E-state index in [2.05, 4.69) is 36.4 Å². The van der Waals surface area contributed by atoms with Crippen LogP contribution in [0.1, 0.15) is 44.4 Å². The Labute approximate surface area is 237 Å². The Morgan fingerprint density at radius 3 is 1.50 bits per heavy atom. The van der Waals surface area contributed by atoms with E-state index in [0.29, 0.717) is 5.75 Å². The van der Waals surface area contributed by atoms with Crippen LogP contribution in [-0.2, 0) is 19.6 Å². The van der Waals surface area contributed by atoms with Crippen molar-refractivity contribution in [3.8, 4) is 5.75 Å². The maximum Gasteiger partial charge on any atom is 0.494 e. The summed E-state index contributed by atoms with van der Waals surface area (Å²) in [7, 11) is -0.430. The SMILES string of the molecule is CC1(C)OB(c2ccc(OCC(O)COC(c3ccccc3)(c3ccccc3)c3ccccc3)cc2)OC1(C)C. The lowest BCUT2D eigenvalue weighted by atomic mass is 9.79. The molecule has 1 atom stereocenters. The molecule has 0 aliphatic carbocycles. The van der Waals surface area contributed by atoms with Crippen LogP contribution in [0.4, 0.5) is 0 Å². The van der Waals surface area contributed by atoms with Crippen molar-refractivity contribution in [2.75, 3.05) is 13.2 Å². The largest absolute Gasteiger partial charge is 0.494 e. The molecule has 1 aliphatic heterocycles. The number of aliphatic hydroxyl groups excluding tert-OH is 1. The summed E-state index contributed by atoms with van der Waals surface area (Å²) < 4.78 is 24.9. The number of rotatable bonds is 10. The molecule has 0 aromatic heterocycles. The Hall–Kier alpha value is -3.42. The molecular weight excluding hydrogens is 499 g/mol. The van der Waals surface area contributed by atoms with Crippen molar-refractivity contribution < 1.29 is 23.9 Å². The number of ether oxygens (including phenoxy) is 2. The third-order valence-electron chi connectivity index (χ3n) is 7.88. The molecule has 1 N–H and O–H groups in total. The van der Waals surface area contributed by atoms with E-state index in [-0.39, 0.29) is 13.2 Å². The summed E-state index contributed by atoms with van der Waals surface area (Å²) in [6.45, 7) is 8.31. The van der Waals surface area contributed by atoms with Crippen molar-refractivity contribution in [3.05, 3.63) is 132 Å². The van der Waals surface area contributed by atoms with Gasteiger partial charge in [-0.15, -0.1) is 0 Å². The number of hydrogen-bond donors (Lipinski definition) is 1. The van der Waals surface area contributed by atoms with Gasteiger partial charge in [-0.1, -0.05) is 103 Å². The molecule has 1 fully saturated rings. The highest BCUT2D eigenvalue weighted by Gasteiger charge is 2.51. The van der Waals surface area contributed by atoms with Crippen molar-refractivity contribution in [2.24, 2.45) is 0 Å². The lowest BCUT2D eigenvalue weighted by Gasteiger charge is -2.36. The number of aliphatic hydroxyl groups is 1. The zero-order valence-corrected chi connectivity index (χ0v) is 23.6. The van der Waals surface area contributed by atoms with Gasteiger partial charge in [0.05, 0.1) is 17.8 Å². The van der Waals surface area contributed by atoms with Crippen LogP contribution in [0.5, 0.6) is 5.75 Å². The molecule has 0 spiro atoms. The van der Waals surface area contributed by atoms with E-state index in [4.69, 9.17) is 18.8 Å². The Bertz CT molecular complexity index is 1250. The fourth-order valence-electron chi connectivity index (χ4n) is 4.93. The first-order valence-electron chi connectivity index (χ1n) is 13.8. The summed E-state index contributed by atoms with van der Waals surface area (Å²) >= 11 is 0. The highest BCUT2D eigenvalue weighted by molar-refractivity contribution is 6.62. The van der Waals surface area contributed by atoms with E-state index in [0.717, 1.165) is 22.2 Å². The van der Waals surface area contributed by atoms with Crippen LogP contribution in [0.2, 0.25) is 0 Å². The molecule has 1 unspecified atom stereocenters. The van der Waals surface area contributed by atoms with Crippen LogP contribution in [0.25, 0.3) is 0 Å². The van der Waals surface area contributed by atoms with Gasteiger partial charge in [-0.3, -0.25) is 0 Å². The molecule has 0 saturated carbocycles. The van der Waals surface area contributed by atoms with Crippen molar-refractivity contribution in [1.29, 1.82) is 0 Å². The maximum absolute atomic E-state index is 11.0. The molecule has 1 saturated heterocycles. The highest BCUT2D eigenvalue weighted by atomic mass is 16.7. The summed E-state index contributed by atoms with van der Waals surface area (Å²) in [5, 5.41) is 11.0. The molecule has 0 bridgehead atoms. The quantitative estimate of drug-likeness (QED) is 0.207. The van der Waals surface area contributed by atoms with Crippen LogP contribution in [0.15, 0.2) is 115 Å². The van der Waals surface area contributed by atoms with E-state index in [1.165, 1.54) is 0 Å². The fraction of sp³-hybridized carbons (Fsp3) is 0.294. The van der Waals surface area contributed by atoms with Crippen molar-refractivity contribution >= 4 is 12.6 Å². The van der Waals surface area contributed by atoms with E-state index >= 15 is 0 Å². The van der Waals surface area contributed by atoms with Gasteiger partial charge >= 0.3 is 7.12 Å². The Morgan fingerprint density at radius 2 is 1.07 bits per heavy atom. The summed E-state index contributed by atoms with van der Waals surface area (Å²) in [6, 6.07) is 38.0. The average Bonchev–Trinajstić information content (AvgIpc) is 3.20. The maximum atomic E-state index is 11.0. The molecule has 4 aromatic rings. The highest BCUT2D eigenvalue weighted by Crippen LogP contribution is 2.40. The molecule has 1 aliphatic rings. The topological polar surface area (TPSA) is 57.2 Å². The lowest BCUT2D eigenvalue weighted by Crippen LogP contribution is -2.41. The molecule has 0 amide bonds. The van der Waals surface area contributed by atoms with Crippen LogP contribution in [-0.4, -0.2) is 42.7 Å². The van der Waals surface area contributed by atoms with Crippen LogP contribution < -0.4 is 10.2 Å². The van der Waals surface area contributed by atoms with Gasteiger partial charge in [0.1, 0.15) is 24.1 Å². The van der Waals surface area contributed by atoms with Crippen LogP contribution in [0, 0.1) is 0 Å². The number of benzene rings is 4. The summed E-state index contributed by atoms with van der Waals surface area (Å²) in [5.74, 6) is 0.653. The van der Waals surface area contributed by atoms with Gasteiger partial charge in [0.2, 0.25) is 0 Å². The van der Waals surface area contributed by atoms with Gasteiger partial charge in [0, 0.05) is 0 Å². The number of hydrogen-bond acceptors (Lipinski definition) is 5. The van der Waals surface area contributed by atoms with E-state index in [9.17, 15) is 5.11 Å². The normalized spacial score (nSPS) is 17.0. The second-order valence-corrected chi connectivity index (χ2v) is 11.2. The van der Waals surface area contributed by atoms with Crippen LogP contribution >= 0.6 is 0 Å². The van der Waals surface area contributed by atoms with Crippen LogP contribution in [0.3, 0.4) is 0 Å². The molecule has 5 rings (SSSR count). The van der Waals surface area contributed by atoms with Gasteiger partial charge < -0.3 is 23.9 Å². The minimum absolute atomic E-state index is 0.0741. The third kappa shape index (κ3) is 5.72. The Morgan fingerprint density at radius 1 is 0.650 bits per heavy atom. The predicted octanol–water partition coefficient (Wildman–Crippen LogP) is 5.73. The van der Waals surface area contributed by atoms with Gasteiger partial charge in [-0.25, -0.2) is 0 Å². The molecule has 4 aromatic carbocycles. The molecule has 206 valence electrons. The zero-order valence-electron chi connectivity index (χ0n) is 23.6. The monoisotopic (exact) mass is 536 g/mol. The van der Waals surface area contributed by atoms with E-state index in [1.807, 2.05) is 107 Å². The minimum Gasteiger partial charge on any atom is -0.491 e. The minimum atomic E-state index is -0.894. The van der Waals surface area contributed by atoms with Gasteiger partial charge in [-0.05, 0) is 62.0 Å². The first-order chi connectivity index (χ1) is 19.2. The average molecular weight is 536 g/mol. The smallest absolute Gasteiger partial charge is 0.491 e.